The van der Waals surface area contributed by atoms with E-state index >= 15 is 0 Å². The van der Waals surface area contributed by atoms with Crippen LogP contribution in [0.5, 0.6) is 17.2 Å². The number of aromatic nitrogens is 2. The number of aryl methyl sites for hydroxylation is 1. The number of carbonyl (C=O) groups is 1. The van der Waals surface area contributed by atoms with Crippen molar-refractivity contribution in [1.82, 2.24) is 5.27 Å². The Bertz CT molecular complexity index is 1330. The van der Waals surface area contributed by atoms with Crippen molar-refractivity contribution in [1.29, 1.82) is 0 Å². The van der Waals surface area contributed by atoms with Gasteiger partial charge in [-0.2, -0.15) is 0 Å². The molecule has 0 unspecified atom stereocenters. The first-order chi connectivity index (χ1) is 17.4. The quantitative estimate of drug-likeness (QED) is 0.196. The van der Waals surface area contributed by atoms with Crippen molar-refractivity contribution in [3.8, 4) is 17.2 Å². The molecule has 0 saturated heterocycles. The lowest BCUT2D eigenvalue weighted by Crippen LogP contribution is -2.31. The van der Waals surface area contributed by atoms with Gasteiger partial charge >= 0.3 is 5.88 Å². The Kier molecular flexibility index (Phi) is 7.54. The van der Waals surface area contributed by atoms with Crippen LogP contribution in [-0.4, -0.2) is 49.3 Å². The first kappa shape index (κ1) is 24.8. The number of amidine groups is 1. The molecule has 0 aliphatic carbocycles. The molecule has 2 heterocycles. The predicted molar refractivity (Wildman–Crippen MR) is 133 cm³/mol. The third-order valence-electron chi connectivity index (χ3n) is 4.95. The van der Waals surface area contributed by atoms with E-state index in [9.17, 15) is 9.90 Å². The maximum absolute atomic E-state index is 13.4. The van der Waals surface area contributed by atoms with Crippen LogP contribution in [0.3, 0.4) is 0 Å². The second-order valence-corrected chi connectivity index (χ2v) is 8.31. The molecular weight excluding hydrogens is 486 g/mol. The summed E-state index contributed by atoms with van der Waals surface area (Å²) in [6.07, 6.45) is 3.10. The summed E-state index contributed by atoms with van der Waals surface area (Å²) in [6, 6.07) is 12.5. The molecule has 0 N–H and O–H groups in total. The highest BCUT2D eigenvalue weighted by atomic mass is 32.2. The summed E-state index contributed by atoms with van der Waals surface area (Å²) in [4.78, 5) is 23.3. The van der Waals surface area contributed by atoms with Gasteiger partial charge < -0.3 is 19.3 Å². The van der Waals surface area contributed by atoms with E-state index in [-0.39, 0.29) is 23.2 Å². The second-order valence-electron chi connectivity index (χ2n) is 7.37. The Labute approximate surface area is 211 Å². The Morgan fingerprint density at radius 2 is 1.86 bits per heavy atom. The SMILES string of the molecule is COc1cc(/C=C2/N=C(SC/C([O-])=N/c3c[n+](C)no3)N(c3ccccc3)C2=O)cc(OC)c1OC. The Morgan fingerprint density at radius 1 is 1.17 bits per heavy atom. The minimum atomic E-state index is -0.457. The van der Waals surface area contributed by atoms with Crippen LogP contribution >= 0.6 is 11.8 Å². The molecule has 0 fully saturated rings. The van der Waals surface area contributed by atoms with Crippen LogP contribution in [-0.2, 0) is 11.8 Å². The van der Waals surface area contributed by atoms with Gasteiger partial charge in [0.15, 0.2) is 29.0 Å². The van der Waals surface area contributed by atoms with E-state index < -0.39 is 5.90 Å². The molecule has 12 heteroatoms. The third-order valence-corrected chi connectivity index (χ3v) is 5.88. The number of amides is 1. The van der Waals surface area contributed by atoms with E-state index in [0.717, 1.165) is 11.8 Å². The maximum Gasteiger partial charge on any atom is 0.320 e. The molecule has 1 aliphatic rings. The molecule has 1 aromatic heterocycles. The van der Waals surface area contributed by atoms with Crippen molar-refractivity contribution in [3.63, 3.8) is 0 Å². The fourth-order valence-corrected chi connectivity index (χ4v) is 4.18. The van der Waals surface area contributed by atoms with Gasteiger partial charge in [0.1, 0.15) is 5.70 Å². The number of rotatable bonds is 8. The number of para-hydroxylation sites is 1. The summed E-state index contributed by atoms with van der Waals surface area (Å²) in [6.45, 7) is 0. The number of anilines is 1. The van der Waals surface area contributed by atoms with Gasteiger partial charge in [-0.25, -0.2) is 9.98 Å². The molecule has 3 aromatic rings. The van der Waals surface area contributed by atoms with Crippen LogP contribution in [0, 0.1) is 0 Å². The van der Waals surface area contributed by atoms with Gasteiger partial charge in [-0.05, 0) is 41.8 Å². The van der Waals surface area contributed by atoms with Crippen molar-refractivity contribution in [2.75, 3.05) is 32.0 Å². The van der Waals surface area contributed by atoms with Gasteiger partial charge in [0.2, 0.25) is 5.75 Å². The molecule has 0 bridgehead atoms. The van der Waals surface area contributed by atoms with E-state index in [1.54, 1.807) is 37.4 Å². The number of aliphatic imine (C=N–C) groups is 2. The van der Waals surface area contributed by atoms with E-state index in [1.165, 1.54) is 37.1 Å². The monoisotopic (exact) mass is 509 g/mol. The van der Waals surface area contributed by atoms with Gasteiger partial charge in [-0.15, -0.1) is 0 Å². The van der Waals surface area contributed by atoms with Crippen LogP contribution < -0.4 is 28.9 Å². The molecule has 36 heavy (non-hydrogen) atoms. The molecular formula is C24H23N5O6S. The molecule has 0 spiro atoms. The maximum atomic E-state index is 13.4. The standard InChI is InChI=1S/C24H23N5O6S/c1-28-13-21(35-27-28)26-20(30)14-36-24-25-17(23(31)29(24)16-8-6-5-7-9-16)10-15-11-18(32-2)22(34-4)19(12-15)33-3/h5-13H,14H2,1-4H3/b17-10+. The van der Waals surface area contributed by atoms with E-state index in [4.69, 9.17) is 18.7 Å². The van der Waals surface area contributed by atoms with Gasteiger partial charge in [-0.1, -0.05) is 34.6 Å². The lowest BCUT2D eigenvalue weighted by Gasteiger charge is -2.18. The molecule has 0 atom stereocenters. The zero-order chi connectivity index (χ0) is 25.7. The van der Waals surface area contributed by atoms with Gasteiger partial charge in [0.25, 0.3) is 12.1 Å². The van der Waals surface area contributed by atoms with Crippen LogP contribution in [0.2, 0.25) is 0 Å². The summed E-state index contributed by atoms with van der Waals surface area (Å²) < 4.78 is 22.5. The minimum Gasteiger partial charge on any atom is -0.861 e. The zero-order valence-corrected chi connectivity index (χ0v) is 20.8. The van der Waals surface area contributed by atoms with Crippen LogP contribution in [0.15, 0.2) is 68.9 Å². The smallest absolute Gasteiger partial charge is 0.320 e. The molecule has 186 valence electrons. The first-order valence-corrected chi connectivity index (χ1v) is 11.6. The summed E-state index contributed by atoms with van der Waals surface area (Å²) in [5, 5.41) is 16.4. The molecule has 4 rings (SSSR count). The average molecular weight is 510 g/mol. The largest absolute Gasteiger partial charge is 0.861 e. The Hall–Kier alpha value is -4.32. The second kappa shape index (κ2) is 11.0. The van der Waals surface area contributed by atoms with E-state index in [1.807, 2.05) is 18.2 Å². The molecule has 11 nitrogen and oxygen atoms in total. The van der Waals surface area contributed by atoms with Gasteiger partial charge in [0, 0.05) is 5.75 Å². The summed E-state index contributed by atoms with van der Waals surface area (Å²) >= 11 is 1.09. The topological polar surface area (TPSA) is 126 Å². The molecule has 2 aromatic carbocycles. The number of hydrogen-bond acceptors (Lipinski definition) is 10. The molecule has 0 radical (unpaired) electrons. The number of carbonyl (C=O) groups excluding carboxylic acids is 1. The number of ether oxygens (including phenoxy) is 3. The zero-order valence-electron chi connectivity index (χ0n) is 20.0. The molecule has 1 aliphatic heterocycles. The highest BCUT2D eigenvalue weighted by Crippen LogP contribution is 2.39. The lowest BCUT2D eigenvalue weighted by atomic mass is 10.1. The van der Waals surface area contributed by atoms with Crippen molar-refractivity contribution >= 4 is 46.4 Å². The van der Waals surface area contributed by atoms with E-state index in [2.05, 4.69) is 15.3 Å². The average Bonchev–Trinajstić information content (AvgIpc) is 3.44. The van der Waals surface area contributed by atoms with Crippen LogP contribution in [0.1, 0.15) is 5.56 Å². The third kappa shape index (κ3) is 5.33. The fraction of sp³-hybridized carbons (Fsp3) is 0.208. The minimum absolute atomic E-state index is 0.0582. The summed E-state index contributed by atoms with van der Waals surface area (Å²) in [5.74, 6) is 0.563. The lowest BCUT2D eigenvalue weighted by molar-refractivity contribution is -0.739. The van der Waals surface area contributed by atoms with E-state index in [0.29, 0.717) is 33.7 Å². The summed E-state index contributed by atoms with van der Waals surface area (Å²) in [7, 11) is 6.19. The Balaban J connectivity index is 1.67. The Morgan fingerprint density at radius 3 is 2.44 bits per heavy atom. The first-order valence-electron chi connectivity index (χ1n) is 10.6. The van der Waals surface area contributed by atoms with Crippen LogP contribution in [0.25, 0.3) is 6.08 Å². The summed E-state index contributed by atoms with van der Waals surface area (Å²) in [5.41, 5.74) is 1.43. The highest BCUT2D eigenvalue weighted by Gasteiger charge is 2.32. The highest BCUT2D eigenvalue weighted by molar-refractivity contribution is 8.14. The van der Waals surface area contributed by atoms with Crippen LogP contribution in [0.4, 0.5) is 11.6 Å². The number of hydrogen-bond donors (Lipinski definition) is 0. The molecule has 1 amide bonds. The van der Waals surface area contributed by atoms with Gasteiger partial charge in [-0.3, -0.25) is 14.2 Å². The number of benzene rings is 2. The number of thioether (sulfide) groups is 1. The van der Waals surface area contributed by atoms with Crippen molar-refractivity contribution in [3.05, 3.63) is 59.9 Å². The van der Waals surface area contributed by atoms with Gasteiger partial charge in [0.05, 0.1) is 27.0 Å². The normalized spacial score (nSPS) is 14.8. The number of methoxy groups -OCH3 is 3. The molecule has 0 saturated carbocycles. The van der Waals surface area contributed by atoms with Crippen molar-refractivity contribution < 1.29 is 33.3 Å². The number of nitrogens with zero attached hydrogens (tertiary/aromatic N) is 5. The predicted octanol–water partition coefficient (Wildman–Crippen LogP) is 2.09. The van der Waals surface area contributed by atoms with Crippen molar-refractivity contribution in [2.45, 2.75) is 0 Å². The fourth-order valence-electron chi connectivity index (χ4n) is 3.38. The van der Waals surface area contributed by atoms with Crippen molar-refractivity contribution in [2.24, 2.45) is 17.0 Å².